The summed E-state index contributed by atoms with van der Waals surface area (Å²) >= 11 is 0. The summed E-state index contributed by atoms with van der Waals surface area (Å²) in [7, 11) is 0. The van der Waals surface area contributed by atoms with E-state index in [2.05, 4.69) is 0 Å². The van der Waals surface area contributed by atoms with Crippen LogP contribution in [0.5, 0.6) is 5.75 Å². The number of hydrogen-bond acceptors (Lipinski definition) is 6. The van der Waals surface area contributed by atoms with Gasteiger partial charge in [-0.2, -0.15) is 0 Å². The van der Waals surface area contributed by atoms with E-state index < -0.39 is 12.2 Å². The van der Waals surface area contributed by atoms with Gasteiger partial charge in [-0.15, -0.1) is 0 Å². The number of hydrogen-bond donors (Lipinski definition) is 2. The summed E-state index contributed by atoms with van der Waals surface area (Å²) in [6.07, 6.45) is 6.83. The van der Waals surface area contributed by atoms with Crippen LogP contribution < -0.4 is 4.74 Å². The molecule has 6 atom stereocenters. The molecule has 0 aromatic heterocycles. The monoisotopic (exact) mass is 432 g/mol. The molecule has 6 heteroatoms. The first-order valence-electron chi connectivity index (χ1n) is 11.5. The SMILES string of the molecule is CC(C)OC(=O)CC[C@@H]1CCC[C@@H]2[C@@H](C=C[C@@H](O)COc3ccccc3)[C@H](O)C[C@@H]2O1. The summed E-state index contributed by atoms with van der Waals surface area (Å²) in [5.41, 5.74) is 0. The van der Waals surface area contributed by atoms with E-state index in [1.807, 2.05) is 50.3 Å². The largest absolute Gasteiger partial charge is 0.491 e. The number of carbonyl (C=O) groups is 1. The Morgan fingerprint density at radius 1 is 1.26 bits per heavy atom. The molecule has 6 nitrogen and oxygen atoms in total. The maximum absolute atomic E-state index is 11.8. The molecule has 172 valence electrons. The Morgan fingerprint density at radius 2 is 2.03 bits per heavy atom. The van der Waals surface area contributed by atoms with E-state index >= 15 is 0 Å². The number of aliphatic hydroxyl groups excluding tert-OH is 2. The standard InChI is InChI=1S/C25H36O6/c1-17(2)30-25(28)14-12-20-9-6-10-22-21(23(27)15-24(22)31-20)13-11-18(26)16-29-19-7-4-3-5-8-19/h3-5,7-8,11,13,17-18,20-24,26-27H,6,9-10,12,14-16H2,1-2H3/t18-,20+,21-,22-,23-,24+/m1/s1. The molecule has 2 fully saturated rings. The maximum atomic E-state index is 11.8. The van der Waals surface area contributed by atoms with Gasteiger partial charge in [-0.1, -0.05) is 36.8 Å². The number of rotatable bonds is 9. The summed E-state index contributed by atoms with van der Waals surface area (Å²) < 4.78 is 17.1. The third-order valence-electron chi connectivity index (χ3n) is 6.08. The summed E-state index contributed by atoms with van der Waals surface area (Å²) in [6, 6.07) is 9.39. The first-order chi connectivity index (χ1) is 14.9. The van der Waals surface area contributed by atoms with Gasteiger partial charge in [0.15, 0.2) is 0 Å². The smallest absolute Gasteiger partial charge is 0.306 e. The lowest BCUT2D eigenvalue weighted by Crippen LogP contribution is -2.25. The third-order valence-corrected chi connectivity index (χ3v) is 6.08. The minimum atomic E-state index is -0.738. The maximum Gasteiger partial charge on any atom is 0.306 e. The highest BCUT2D eigenvalue weighted by atomic mass is 16.5. The fraction of sp³-hybridized carbons (Fsp3) is 0.640. The lowest BCUT2D eigenvalue weighted by Gasteiger charge is -2.23. The van der Waals surface area contributed by atoms with Crippen molar-refractivity contribution in [2.75, 3.05) is 6.61 Å². The van der Waals surface area contributed by atoms with Crippen molar-refractivity contribution in [3.05, 3.63) is 42.5 Å². The fourth-order valence-electron chi connectivity index (χ4n) is 4.63. The molecule has 1 saturated heterocycles. The molecule has 1 aliphatic carbocycles. The van der Waals surface area contributed by atoms with Crippen LogP contribution >= 0.6 is 0 Å². The van der Waals surface area contributed by atoms with Crippen molar-refractivity contribution in [1.82, 2.24) is 0 Å². The number of aliphatic hydroxyl groups is 2. The van der Waals surface area contributed by atoms with Crippen LogP contribution in [0.3, 0.4) is 0 Å². The van der Waals surface area contributed by atoms with Crippen molar-refractivity contribution >= 4 is 5.97 Å². The van der Waals surface area contributed by atoms with Crippen LogP contribution in [0.2, 0.25) is 0 Å². The molecule has 2 N–H and O–H groups in total. The molecular weight excluding hydrogens is 396 g/mol. The summed E-state index contributed by atoms with van der Waals surface area (Å²) in [4.78, 5) is 11.8. The predicted molar refractivity (Wildman–Crippen MR) is 118 cm³/mol. The molecule has 3 rings (SSSR count). The number of esters is 1. The molecule has 31 heavy (non-hydrogen) atoms. The van der Waals surface area contributed by atoms with Crippen LogP contribution in [-0.4, -0.2) is 53.3 Å². The van der Waals surface area contributed by atoms with Crippen molar-refractivity contribution in [2.45, 2.75) is 82.9 Å². The molecule has 1 heterocycles. The molecular formula is C25H36O6. The average Bonchev–Trinajstić information content (AvgIpc) is 2.89. The quantitative estimate of drug-likeness (QED) is 0.458. The Labute approximate surface area is 185 Å². The number of fused-ring (bicyclic) bond motifs is 1. The molecule has 0 spiro atoms. The summed E-state index contributed by atoms with van der Waals surface area (Å²) in [6.45, 7) is 3.87. The van der Waals surface area contributed by atoms with Gasteiger partial charge in [-0.05, 0) is 51.2 Å². The molecule has 0 radical (unpaired) electrons. The van der Waals surface area contributed by atoms with Crippen molar-refractivity contribution < 1.29 is 29.2 Å². The molecule has 0 bridgehead atoms. The summed E-state index contributed by atoms with van der Waals surface area (Å²) in [5.74, 6) is 0.719. The van der Waals surface area contributed by atoms with E-state index in [1.54, 1.807) is 6.08 Å². The topological polar surface area (TPSA) is 85.2 Å². The summed E-state index contributed by atoms with van der Waals surface area (Å²) in [5, 5.41) is 20.9. The first kappa shape index (κ1) is 23.8. The molecule has 1 aliphatic heterocycles. The predicted octanol–water partition coefficient (Wildman–Crippen LogP) is 3.65. The Bertz CT molecular complexity index is 703. The molecule has 0 unspecified atom stereocenters. The highest BCUT2D eigenvalue weighted by Gasteiger charge is 2.43. The van der Waals surface area contributed by atoms with Crippen LogP contribution in [0.4, 0.5) is 0 Å². The first-order valence-corrected chi connectivity index (χ1v) is 11.5. The third kappa shape index (κ3) is 7.34. The van der Waals surface area contributed by atoms with E-state index in [-0.39, 0.29) is 42.7 Å². The highest BCUT2D eigenvalue weighted by molar-refractivity contribution is 5.69. The minimum absolute atomic E-state index is 0.0176. The van der Waals surface area contributed by atoms with Crippen LogP contribution in [0, 0.1) is 11.8 Å². The van der Waals surface area contributed by atoms with Gasteiger partial charge in [0.2, 0.25) is 0 Å². The minimum Gasteiger partial charge on any atom is -0.491 e. The van der Waals surface area contributed by atoms with E-state index in [1.165, 1.54) is 0 Å². The second-order valence-electron chi connectivity index (χ2n) is 8.93. The van der Waals surface area contributed by atoms with Crippen LogP contribution in [0.1, 0.15) is 52.4 Å². The lowest BCUT2D eigenvalue weighted by atomic mass is 9.88. The normalized spacial score (nSPS) is 29.5. The Morgan fingerprint density at radius 3 is 2.77 bits per heavy atom. The van der Waals surface area contributed by atoms with E-state index in [9.17, 15) is 15.0 Å². The van der Waals surface area contributed by atoms with Crippen LogP contribution in [0.15, 0.2) is 42.5 Å². The van der Waals surface area contributed by atoms with E-state index in [0.717, 1.165) is 25.0 Å². The van der Waals surface area contributed by atoms with Crippen molar-refractivity contribution in [3.63, 3.8) is 0 Å². The van der Waals surface area contributed by atoms with Gasteiger partial charge in [0.25, 0.3) is 0 Å². The highest BCUT2D eigenvalue weighted by Crippen LogP contribution is 2.42. The van der Waals surface area contributed by atoms with Crippen molar-refractivity contribution in [3.8, 4) is 5.75 Å². The van der Waals surface area contributed by atoms with Crippen molar-refractivity contribution in [1.29, 1.82) is 0 Å². The molecule has 1 aromatic carbocycles. The lowest BCUT2D eigenvalue weighted by molar-refractivity contribution is -0.148. The fourth-order valence-corrected chi connectivity index (χ4v) is 4.63. The Kier molecular flexibility index (Phi) is 8.93. The molecule has 0 amide bonds. The average molecular weight is 433 g/mol. The number of carbonyl (C=O) groups excluding carboxylic acids is 1. The number of para-hydroxylation sites is 1. The van der Waals surface area contributed by atoms with Crippen molar-refractivity contribution in [2.24, 2.45) is 11.8 Å². The van der Waals surface area contributed by atoms with Gasteiger partial charge >= 0.3 is 5.97 Å². The number of ether oxygens (including phenoxy) is 3. The van der Waals surface area contributed by atoms with Gasteiger partial charge in [-0.3, -0.25) is 4.79 Å². The Balaban J connectivity index is 1.49. The van der Waals surface area contributed by atoms with Crippen LogP contribution in [-0.2, 0) is 14.3 Å². The second kappa shape index (κ2) is 11.7. The second-order valence-corrected chi connectivity index (χ2v) is 8.93. The van der Waals surface area contributed by atoms with Gasteiger partial charge in [0, 0.05) is 18.8 Å². The van der Waals surface area contributed by atoms with Gasteiger partial charge in [-0.25, -0.2) is 0 Å². The van der Waals surface area contributed by atoms with Gasteiger partial charge in [0.1, 0.15) is 18.5 Å². The van der Waals surface area contributed by atoms with Gasteiger partial charge in [0.05, 0.1) is 24.4 Å². The van der Waals surface area contributed by atoms with Gasteiger partial charge < -0.3 is 24.4 Å². The van der Waals surface area contributed by atoms with E-state index in [0.29, 0.717) is 19.3 Å². The Hall–Kier alpha value is -1.89. The molecule has 1 saturated carbocycles. The number of benzene rings is 1. The van der Waals surface area contributed by atoms with E-state index in [4.69, 9.17) is 14.2 Å². The van der Waals surface area contributed by atoms with Crippen LogP contribution in [0.25, 0.3) is 0 Å². The zero-order chi connectivity index (χ0) is 22.2. The molecule has 1 aromatic rings. The zero-order valence-corrected chi connectivity index (χ0v) is 18.6. The molecule has 2 aliphatic rings. The zero-order valence-electron chi connectivity index (χ0n) is 18.6.